The SMILES string of the molecule is Fc1cc(CCl)cc(OCc2ccn(C3CCCC3)n2)c1. The first-order chi connectivity index (χ1) is 10.2. The van der Waals surface area contributed by atoms with Crippen LogP contribution in [0, 0.1) is 5.82 Å². The quantitative estimate of drug-likeness (QED) is 0.763. The van der Waals surface area contributed by atoms with E-state index in [1.54, 1.807) is 6.07 Å². The summed E-state index contributed by atoms with van der Waals surface area (Å²) in [5, 5.41) is 4.54. The summed E-state index contributed by atoms with van der Waals surface area (Å²) in [6, 6.07) is 7.01. The van der Waals surface area contributed by atoms with Crippen molar-refractivity contribution >= 4 is 11.6 Å². The van der Waals surface area contributed by atoms with Crippen molar-refractivity contribution in [3.05, 3.63) is 47.5 Å². The summed E-state index contributed by atoms with van der Waals surface area (Å²) < 4.78 is 21.0. The fourth-order valence-electron chi connectivity index (χ4n) is 2.77. The standard InChI is InChI=1S/C16H18ClFN2O/c17-10-12-7-13(18)9-16(8-12)21-11-14-5-6-20(19-14)15-3-1-2-4-15/h5-9,15H,1-4,10-11H2. The van der Waals surface area contributed by atoms with Crippen LogP contribution >= 0.6 is 11.6 Å². The zero-order valence-corrected chi connectivity index (χ0v) is 12.5. The topological polar surface area (TPSA) is 27.1 Å². The van der Waals surface area contributed by atoms with Crippen LogP contribution in [0.2, 0.25) is 0 Å². The van der Waals surface area contributed by atoms with Gasteiger partial charge in [0.15, 0.2) is 0 Å². The smallest absolute Gasteiger partial charge is 0.132 e. The van der Waals surface area contributed by atoms with E-state index in [0.717, 1.165) is 5.69 Å². The van der Waals surface area contributed by atoms with Gasteiger partial charge < -0.3 is 4.74 Å². The van der Waals surface area contributed by atoms with E-state index in [1.807, 2.05) is 16.9 Å². The highest BCUT2D eigenvalue weighted by Gasteiger charge is 2.17. The Hall–Kier alpha value is -1.55. The third-order valence-corrected chi connectivity index (χ3v) is 4.14. The van der Waals surface area contributed by atoms with Crippen LogP contribution in [0.4, 0.5) is 4.39 Å². The number of benzene rings is 1. The molecule has 0 saturated heterocycles. The van der Waals surface area contributed by atoms with Crippen molar-refractivity contribution in [3.63, 3.8) is 0 Å². The number of alkyl halides is 1. The van der Waals surface area contributed by atoms with E-state index in [9.17, 15) is 4.39 Å². The molecule has 5 heteroatoms. The summed E-state index contributed by atoms with van der Waals surface area (Å²) in [6.07, 6.45) is 6.96. The van der Waals surface area contributed by atoms with Crippen molar-refractivity contribution in [2.24, 2.45) is 0 Å². The Balaban J connectivity index is 1.63. The lowest BCUT2D eigenvalue weighted by Crippen LogP contribution is -2.06. The van der Waals surface area contributed by atoms with Crippen LogP contribution in [0.3, 0.4) is 0 Å². The highest BCUT2D eigenvalue weighted by atomic mass is 35.5. The van der Waals surface area contributed by atoms with Crippen molar-refractivity contribution in [1.29, 1.82) is 0 Å². The van der Waals surface area contributed by atoms with Gasteiger partial charge in [-0.3, -0.25) is 4.68 Å². The lowest BCUT2D eigenvalue weighted by atomic mass is 10.2. The summed E-state index contributed by atoms with van der Waals surface area (Å²) in [6.45, 7) is 0.338. The molecule has 0 unspecified atom stereocenters. The van der Waals surface area contributed by atoms with Gasteiger partial charge in [-0.25, -0.2) is 4.39 Å². The van der Waals surface area contributed by atoms with Gasteiger partial charge >= 0.3 is 0 Å². The highest BCUT2D eigenvalue weighted by Crippen LogP contribution is 2.28. The fourth-order valence-corrected chi connectivity index (χ4v) is 2.92. The van der Waals surface area contributed by atoms with Crippen LogP contribution in [0.5, 0.6) is 5.75 Å². The molecular weight excluding hydrogens is 291 g/mol. The number of aromatic nitrogens is 2. The molecule has 0 radical (unpaired) electrons. The van der Waals surface area contributed by atoms with E-state index in [1.165, 1.54) is 37.8 Å². The first kappa shape index (κ1) is 14.4. The van der Waals surface area contributed by atoms with Gasteiger partial charge in [0, 0.05) is 18.1 Å². The zero-order valence-electron chi connectivity index (χ0n) is 11.8. The third-order valence-electron chi connectivity index (χ3n) is 3.83. The molecule has 2 aromatic rings. The Bertz CT molecular complexity index is 608. The zero-order chi connectivity index (χ0) is 14.7. The van der Waals surface area contributed by atoms with E-state index in [4.69, 9.17) is 16.3 Å². The molecule has 0 amide bonds. The second-order valence-corrected chi connectivity index (χ2v) is 5.71. The molecule has 0 aliphatic heterocycles. The van der Waals surface area contributed by atoms with Crippen LogP contribution in [-0.4, -0.2) is 9.78 Å². The van der Waals surface area contributed by atoms with Crippen molar-refractivity contribution in [2.45, 2.75) is 44.2 Å². The van der Waals surface area contributed by atoms with Gasteiger partial charge in [-0.2, -0.15) is 5.10 Å². The summed E-state index contributed by atoms with van der Waals surface area (Å²) >= 11 is 5.73. The van der Waals surface area contributed by atoms with E-state index in [0.29, 0.717) is 24.0 Å². The van der Waals surface area contributed by atoms with Crippen LogP contribution in [-0.2, 0) is 12.5 Å². The van der Waals surface area contributed by atoms with Crippen molar-refractivity contribution in [3.8, 4) is 5.75 Å². The average molecular weight is 309 g/mol. The molecule has 0 spiro atoms. The molecule has 0 bridgehead atoms. The summed E-state index contributed by atoms with van der Waals surface area (Å²) in [5.74, 6) is 0.422. The number of halogens is 2. The molecule has 1 heterocycles. The molecule has 1 aromatic heterocycles. The van der Waals surface area contributed by atoms with E-state index in [2.05, 4.69) is 5.10 Å². The Labute approximate surface area is 128 Å². The molecule has 3 nitrogen and oxygen atoms in total. The molecule has 1 saturated carbocycles. The molecule has 0 N–H and O–H groups in total. The van der Waals surface area contributed by atoms with Crippen molar-refractivity contribution in [1.82, 2.24) is 9.78 Å². The van der Waals surface area contributed by atoms with Crippen LogP contribution in [0.15, 0.2) is 30.5 Å². The molecule has 1 aromatic carbocycles. The number of nitrogens with zero attached hydrogens (tertiary/aromatic N) is 2. The predicted octanol–water partition coefficient (Wildman–Crippen LogP) is 4.46. The Morgan fingerprint density at radius 2 is 2.10 bits per heavy atom. The molecule has 1 aliphatic rings. The number of rotatable bonds is 5. The molecule has 1 fully saturated rings. The van der Waals surface area contributed by atoms with Gasteiger partial charge in [0.25, 0.3) is 0 Å². The fraction of sp³-hybridized carbons (Fsp3) is 0.438. The summed E-state index contributed by atoms with van der Waals surface area (Å²) in [5.41, 5.74) is 1.57. The minimum atomic E-state index is -0.334. The number of hydrogen-bond acceptors (Lipinski definition) is 2. The van der Waals surface area contributed by atoms with Gasteiger partial charge in [0.05, 0.1) is 11.7 Å². The maximum atomic E-state index is 13.4. The summed E-state index contributed by atoms with van der Waals surface area (Å²) in [4.78, 5) is 0. The summed E-state index contributed by atoms with van der Waals surface area (Å²) in [7, 11) is 0. The first-order valence-corrected chi connectivity index (χ1v) is 7.80. The first-order valence-electron chi connectivity index (χ1n) is 7.27. The van der Waals surface area contributed by atoms with Gasteiger partial charge in [-0.1, -0.05) is 12.8 Å². The minimum Gasteiger partial charge on any atom is -0.487 e. The van der Waals surface area contributed by atoms with Crippen LogP contribution < -0.4 is 4.74 Å². The van der Waals surface area contributed by atoms with Gasteiger partial charge in [-0.15, -0.1) is 11.6 Å². The third kappa shape index (κ3) is 3.56. The molecule has 3 rings (SSSR count). The molecule has 0 atom stereocenters. The molecule has 21 heavy (non-hydrogen) atoms. The maximum absolute atomic E-state index is 13.4. The van der Waals surface area contributed by atoms with Crippen LogP contribution in [0.1, 0.15) is 43.0 Å². The Morgan fingerprint density at radius 3 is 2.86 bits per heavy atom. The maximum Gasteiger partial charge on any atom is 0.132 e. The molecule has 112 valence electrons. The van der Waals surface area contributed by atoms with Gasteiger partial charge in [0.2, 0.25) is 0 Å². The number of hydrogen-bond donors (Lipinski definition) is 0. The normalized spacial score (nSPS) is 15.5. The monoisotopic (exact) mass is 308 g/mol. The van der Waals surface area contributed by atoms with Crippen LogP contribution in [0.25, 0.3) is 0 Å². The molecule has 1 aliphatic carbocycles. The number of ether oxygens (including phenoxy) is 1. The van der Waals surface area contributed by atoms with Gasteiger partial charge in [-0.05, 0) is 36.6 Å². The second-order valence-electron chi connectivity index (χ2n) is 5.44. The largest absolute Gasteiger partial charge is 0.487 e. The van der Waals surface area contributed by atoms with E-state index >= 15 is 0 Å². The minimum absolute atomic E-state index is 0.268. The van der Waals surface area contributed by atoms with E-state index < -0.39 is 0 Å². The lowest BCUT2D eigenvalue weighted by molar-refractivity contribution is 0.296. The Kier molecular flexibility index (Phi) is 4.44. The second kappa shape index (κ2) is 6.48. The van der Waals surface area contributed by atoms with Crippen molar-refractivity contribution in [2.75, 3.05) is 0 Å². The predicted molar refractivity (Wildman–Crippen MR) is 80.0 cm³/mol. The Morgan fingerprint density at radius 1 is 1.29 bits per heavy atom. The van der Waals surface area contributed by atoms with Gasteiger partial charge in [0.1, 0.15) is 18.2 Å². The van der Waals surface area contributed by atoms with Crippen molar-refractivity contribution < 1.29 is 9.13 Å². The highest BCUT2D eigenvalue weighted by molar-refractivity contribution is 6.17. The lowest BCUT2D eigenvalue weighted by Gasteiger charge is -2.09. The average Bonchev–Trinajstić information content (AvgIpc) is 3.15. The molecular formula is C16H18ClFN2O. The van der Waals surface area contributed by atoms with E-state index in [-0.39, 0.29) is 11.7 Å².